The van der Waals surface area contributed by atoms with E-state index in [1.54, 1.807) is 13.8 Å². The number of carbonyl (C=O) groups excluding carboxylic acids is 2. The molecule has 20 heavy (non-hydrogen) atoms. The van der Waals surface area contributed by atoms with Crippen LogP contribution in [0.3, 0.4) is 0 Å². The number of hydrogen-bond donors (Lipinski definition) is 6. The third kappa shape index (κ3) is 6.80. The van der Waals surface area contributed by atoms with E-state index < -0.39 is 36.0 Å². The zero-order valence-electron chi connectivity index (χ0n) is 11.8. The van der Waals surface area contributed by atoms with Crippen molar-refractivity contribution in [3.8, 4) is 0 Å². The van der Waals surface area contributed by atoms with Crippen molar-refractivity contribution in [3.63, 3.8) is 0 Å². The number of nitrogens with one attached hydrogen (secondary N) is 2. The summed E-state index contributed by atoms with van der Waals surface area (Å²) in [5, 5.41) is 41.0. The lowest BCUT2D eigenvalue weighted by atomic mass is 9.87. The van der Waals surface area contributed by atoms with Crippen molar-refractivity contribution in [3.05, 3.63) is 0 Å². The van der Waals surface area contributed by atoms with Gasteiger partial charge in [-0.2, -0.15) is 0 Å². The van der Waals surface area contributed by atoms with Crippen molar-refractivity contribution < 1.29 is 30.0 Å². The highest BCUT2D eigenvalue weighted by atomic mass is 16.3. The van der Waals surface area contributed by atoms with Crippen LogP contribution in [-0.4, -0.2) is 70.8 Å². The molecular weight excluding hydrogens is 268 g/mol. The van der Waals surface area contributed by atoms with E-state index in [9.17, 15) is 14.7 Å². The average molecular weight is 292 g/mol. The van der Waals surface area contributed by atoms with E-state index in [1.165, 1.54) is 0 Å². The van der Waals surface area contributed by atoms with Gasteiger partial charge in [-0.05, 0) is 0 Å². The Morgan fingerprint density at radius 2 is 1.75 bits per heavy atom. The Bertz CT molecular complexity index is 321. The zero-order chi connectivity index (χ0) is 15.8. The Morgan fingerprint density at radius 3 is 2.25 bits per heavy atom. The Hall–Kier alpha value is -1.22. The monoisotopic (exact) mass is 292 g/mol. The van der Waals surface area contributed by atoms with Gasteiger partial charge in [0.2, 0.25) is 11.8 Å². The van der Waals surface area contributed by atoms with Crippen molar-refractivity contribution in [2.45, 2.75) is 32.5 Å². The summed E-state index contributed by atoms with van der Waals surface area (Å²) in [6, 6.07) is 0. The van der Waals surface area contributed by atoms with Gasteiger partial charge in [-0.15, -0.1) is 0 Å². The van der Waals surface area contributed by atoms with Crippen LogP contribution >= 0.6 is 0 Å². The normalized spacial score (nSPS) is 14.5. The maximum atomic E-state index is 11.6. The summed E-state index contributed by atoms with van der Waals surface area (Å²) >= 11 is 0. The number of rotatable bonds is 9. The van der Waals surface area contributed by atoms with E-state index in [-0.39, 0.29) is 26.1 Å². The first kappa shape index (κ1) is 18.8. The fourth-order valence-electron chi connectivity index (χ4n) is 1.22. The zero-order valence-corrected chi connectivity index (χ0v) is 11.8. The number of aliphatic hydroxyl groups is 4. The number of amides is 2. The minimum absolute atomic E-state index is 0.0177. The molecule has 6 N–H and O–H groups in total. The van der Waals surface area contributed by atoms with Crippen molar-refractivity contribution in [2.24, 2.45) is 5.41 Å². The van der Waals surface area contributed by atoms with Gasteiger partial charge in [-0.1, -0.05) is 13.8 Å². The molecule has 0 heterocycles. The van der Waals surface area contributed by atoms with E-state index in [1.807, 2.05) is 0 Å². The molecule has 0 aromatic rings. The van der Waals surface area contributed by atoms with Gasteiger partial charge in [-0.3, -0.25) is 9.59 Å². The second-order valence-corrected chi connectivity index (χ2v) is 5.23. The summed E-state index contributed by atoms with van der Waals surface area (Å²) in [5.41, 5.74) is -0.961. The first-order chi connectivity index (χ1) is 9.24. The van der Waals surface area contributed by atoms with Gasteiger partial charge >= 0.3 is 0 Å². The predicted octanol–water partition coefficient (Wildman–Crippen LogP) is -2.66. The molecule has 0 spiro atoms. The fraction of sp³-hybridized carbons (Fsp3) is 0.833. The van der Waals surface area contributed by atoms with Crippen molar-refractivity contribution in [1.82, 2.24) is 10.6 Å². The van der Waals surface area contributed by atoms with E-state index >= 15 is 0 Å². The minimum Gasteiger partial charge on any atom is -0.396 e. The average Bonchev–Trinajstić information content (AvgIpc) is 2.43. The lowest BCUT2D eigenvalue weighted by molar-refractivity contribution is -0.137. The van der Waals surface area contributed by atoms with Crippen molar-refractivity contribution in [1.29, 1.82) is 0 Å². The molecule has 2 amide bonds. The first-order valence-corrected chi connectivity index (χ1v) is 6.37. The van der Waals surface area contributed by atoms with Gasteiger partial charge in [0, 0.05) is 24.9 Å². The second-order valence-electron chi connectivity index (χ2n) is 5.23. The predicted molar refractivity (Wildman–Crippen MR) is 70.6 cm³/mol. The molecule has 0 saturated carbocycles. The van der Waals surface area contributed by atoms with Crippen LogP contribution in [0.15, 0.2) is 0 Å². The Labute approximate surface area is 117 Å². The van der Waals surface area contributed by atoms with Crippen molar-refractivity contribution >= 4 is 11.8 Å². The largest absolute Gasteiger partial charge is 0.396 e. The summed E-state index contributed by atoms with van der Waals surface area (Å²) in [6.45, 7) is 2.25. The molecular formula is C12H24N2O6. The summed E-state index contributed by atoms with van der Waals surface area (Å²) in [7, 11) is 0. The summed E-state index contributed by atoms with van der Waals surface area (Å²) in [5.74, 6) is -1.05. The van der Waals surface area contributed by atoms with E-state index in [2.05, 4.69) is 10.6 Å². The molecule has 0 saturated heterocycles. The van der Waals surface area contributed by atoms with E-state index in [0.29, 0.717) is 0 Å². The summed E-state index contributed by atoms with van der Waals surface area (Å²) in [6.07, 6.45) is -2.40. The quantitative estimate of drug-likeness (QED) is 0.274. The van der Waals surface area contributed by atoms with Gasteiger partial charge in [0.05, 0.1) is 19.3 Å². The highest BCUT2D eigenvalue weighted by Crippen LogP contribution is 2.19. The highest BCUT2D eigenvalue weighted by molar-refractivity contribution is 5.82. The fourth-order valence-corrected chi connectivity index (χ4v) is 1.22. The molecule has 0 bridgehead atoms. The highest BCUT2D eigenvalue weighted by Gasteiger charge is 2.32. The van der Waals surface area contributed by atoms with Crippen LogP contribution in [0.1, 0.15) is 20.3 Å². The Balaban J connectivity index is 3.95. The van der Waals surface area contributed by atoms with Crippen LogP contribution < -0.4 is 10.6 Å². The molecule has 0 aromatic carbocycles. The standard InChI is InChI=1S/C12H24N2O6/c1-12(2,7-16)10(19)11(20)13-4-3-9(18)14-5-8(17)6-15/h8,10,15-17,19H,3-7H2,1-2H3,(H,13,20)(H,14,18)/t8-,10-/m0/s1. The molecule has 2 atom stereocenters. The lowest BCUT2D eigenvalue weighted by Crippen LogP contribution is -2.46. The van der Waals surface area contributed by atoms with Gasteiger partial charge in [0.15, 0.2) is 0 Å². The van der Waals surface area contributed by atoms with Gasteiger partial charge in [-0.25, -0.2) is 0 Å². The van der Waals surface area contributed by atoms with Gasteiger partial charge in [0.1, 0.15) is 6.10 Å². The van der Waals surface area contributed by atoms with Crippen LogP contribution in [0, 0.1) is 5.41 Å². The topological polar surface area (TPSA) is 139 Å². The number of hydrogen-bond acceptors (Lipinski definition) is 6. The van der Waals surface area contributed by atoms with E-state index in [0.717, 1.165) is 0 Å². The van der Waals surface area contributed by atoms with Crippen LogP contribution in [0.5, 0.6) is 0 Å². The molecule has 118 valence electrons. The molecule has 0 radical (unpaired) electrons. The van der Waals surface area contributed by atoms with Crippen LogP contribution in [0.2, 0.25) is 0 Å². The SMILES string of the molecule is CC(C)(CO)[C@@H](O)C(=O)NCCC(=O)NC[C@H](O)CO. The number of carbonyl (C=O) groups is 2. The van der Waals surface area contributed by atoms with Crippen LogP contribution in [0.4, 0.5) is 0 Å². The maximum Gasteiger partial charge on any atom is 0.249 e. The molecule has 8 heteroatoms. The molecule has 0 fully saturated rings. The summed E-state index contributed by atoms with van der Waals surface area (Å²) in [4.78, 5) is 22.9. The first-order valence-electron chi connectivity index (χ1n) is 6.37. The smallest absolute Gasteiger partial charge is 0.249 e. The lowest BCUT2D eigenvalue weighted by Gasteiger charge is -2.27. The van der Waals surface area contributed by atoms with Gasteiger partial charge < -0.3 is 31.1 Å². The molecule has 0 aromatic heterocycles. The Morgan fingerprint density at radius 1 is 1.15 bits per heavy atom. The number of aliphatic hydroxyl groups excluding tert-OH is 4. The second kappa shape index (κ2) is 8.85. The molecule has 0 rings (SSSR count). The molecule has 0 aliphatic rings. The third-order valence-electron chi connectivity index (χ3n) is 2.79. The van der Waals surface area contributed by atoms with Crippen molar-refractivity contribution in [2.75, 3.05) is 26.3 Å². The van der Waals surface area contributed by atoms with E-state index in [4.69, 9.17) is 15.3 Å². The van der Waals surface area contributed by atoms with Gasteiger partial charge in [0.25, 0.3) is 0 Å². The van der Waals surface area contributed by atoms with Crippen LogP contribution in [0.25, 0.3) is 0 Å². The summed E-state index contributed by atoms with van der Waals surface area (Å²) < 4.78 is 0. The molecule has 0 unspecified atom stereocenters. The minimum atomic E-state index is -1.37. The molecule has 8 nitrogen and oxygen atoms in total. The molecule has 0 aliphatic heterocycles. The Kier molecular flexibility index (Phi) is 8.31. The van der Waals surface area contributed by atoms with Crippen LogP contribution in [-0.2, 0) is 9.59 Å². The third-order valence-corrected chi connectivity index (χ3v) is 2.79. The molecule has 0 aliphatic carbocycles. The maximum absolute atomic E-state index is 11.6.